The minimum atomic E-state index is 0.723. The fraction of sp³-hybridized carbons (Fsp3) is 1.00. The van der Waals surface area contributed by atoms with Crippen molar-refractivity contribution in [2.24, 2.45) is 0 Å². The SMILES string of the molecule is C1CC(N2CC3CC2C[N]3)C1. The van der Waals surface area contributed by atoms with E-state index >= 15 is 0 Å². The summed E-state index contributed by atoms with van der Waals surface area (Å²) in [6.45, 7) is 2.43. The molecule has 0 amide bonds. The van der Waals surface area contributed by atoms with Gasteiger partial charge in [0.15, 0.2) is 0 Å². The lowest BCUT2D eigenvalue weighted by Gasteiger charge is -2.39. The number of nitrogens with zero attached hydrogens (tertiary/aromatic N) is 2. The van der Waals surface area contributed by atoms with Crippen LogP contribution in [0.4, 0.5) is 0 Å². The summed E-state index contributed by atoms with van der Waals surface area (Å²) in [5, 5.41) is 4.55. The minimum absolute atomic E-state index is 0.723. The van der Waals surface area contributed by atoms with Crippen LogP contribution >= 0.6 is 0 Å². The van der Waals surface area contributed by atoms with Gasteiger partial charge in [0, 0.05) is 31.2 Å². The highest BCUT2D eigenvalue weighted by atomic mass is 15.3. The molecule has 3 rings (SSSR count). The van der Waals surface area contributed by atoms with Crippen LogP contribution in [0.5, 0.6) is 0 Å². The molecule has 0 aromatic heterocycles. The van der Waals surface area contributed by atoms with Crippen LogP contribution in [0.2, 0.25) is 0 Å². The van der Waals surface area contributed by atoms with Gasteiger partial charge in [-0.05, 0) is 19.3 Å². The molecule has 1 aliphatic carbocycles. The highest BCUT2D eigenvalue weighted by molar-refractivity contribution is 5.00. The molecule has 2 bridgehead atoms. The molecular weight excluding hydrogens is 136 g/mol. The highest BCUT2D eigenvalue weighted by Crippen LogP contribution is 2.34. The van der Waals surface area contributed by atoms with E-state index in [-0.39, 0.29) is 0 Å². The van der Waals surface area contributed by atoms with Gasteiger partial charge in [-0.25, -0.2) is 5.32 Å². The number of likely N-dealkylation sites (tertiary alicyclic amines) is 1. The van der Waals surface area contributed by atoms with Gasteiger partial charge in [0.25, 0.3) is 0 Å². The zero-order valence-corrected chi connectivity index (χ0v) is 6.87. The molecule has 2 aliphatic heterocycles. The molecule has 61 valence electrons. The molecule has 3 fully saturated rings. The first-order valence-corrected chi connectivity index (χ1v) is 4.86. The van der Waals surface area contributed by atoms with Crippen molar-refractivity contribution >= 4 is 0 Å². The average molecular weight is 151 g/mol. The maximum Gasteiger partial charge on any atom is 0.0389 e. The molecule has 0 N–H and O–H groups in total. The van der Waals surface area contributed by atoms with E-state index in [9.17, 15) is 0 Å². The van der Waals surface area contributed by atoms with E-state index in [1.54, 1.807) is 0 Å². The minimum Gasteiger partial charge on any atom is -0.294 e. The fourth-order valence-electron chi connectivity index (χ4n) is 2.66. The molecule has 0 aromatic carbocycles. The third-order valence-electron chi connectivity index (χ3n) is 3.55. The average Bonchev–Trinajstić information content (AvgIpc) is 2.42. The smallest absolute Gasteiger partial charge is 0.0389 e. The maximum atomic E-state index is 4.55. The molecule has 2 unspecified atom stereocenters. The number of fused-ring (bicyclic) bond motifs is 2. The van der Waals surface area contributed by atoms with E-state index in [1.165, 1.54) is 32.2 Å². The lowest BCUT2D eigenvalue weighted by atomic mass is 9.91. The summed E-state index contributed by atoms with van der Waals surface area (Å²) in [4.78, 5) is 2.72. The Morgan fingerprint density at radius 2 is 2.09 bits per heavy atom. The largest absolute Gasteiger partial charge is 0.294 e. The monoisotopic (exact) mass is 151 g/mol. The standard InChI is InChI=1S/C9H15N2/c1-2-8(3-1)11-6-7-4-9(11)5-10-7/h7-9H,1-6H2. The first-order chi connectivity index (χ1) is 5.43. The Bertz CT molecular complexity index is 165. The third kappa shape index (κ3) is 0.859. The van der Waals surface area contributed by atoms with Crippen molar-refractivity contribution in [2.75, 3.05) is 13.1 Å². The maximum absolute atomic E-state index is 4.55. The van der Waals surface area contributed by atoms with Gasteiger partial charge in [-0.2, -0.15) is 0 Å². The van der Waals surface area contributed by atoms with E-state index in [2.05, 4.69) is 10.2 Å². The summed E-state index contributed by atoms with van der Waals surface area (Å²) in [5.74, 6) is 0. The van der Waals surface area contributed by atoms with E-state index < -0.39 is 0 Å². The summed E-state index contributed by atoms with van der Waals surface area (Å²) in [7, 11) is 0. The molecule has 0 aromatic rings. The van der Waals surface area contributed by atoms with Crippen LogP contribution in [0.1, 0.15) is 25.7 Å². The summed E-state index contributed by atoms with van der Waals surface area (Å²) >= 11 is 0. The first kappa shape index (κ1) is 6.44. The zero-order valence-electron chi connectivity index (χ0n) is 6.87. The lowest BCUT2D eigenvalue weighted by molar-refractivity contribution is 0.0996. The Morgan fingerprint density at radius 3 is 2.55 bits per heavy atom. The van der Waals surface area contributed by atoms with Gasteiger partial charge < -0.3 is 0 Å². The summed E-state index contributed by atoms with van der Waals surface area (Å²) in [5.41, 5.74) is 0. The van der Waals surface area contributed by atoms with Crippen LogP contribution in [-0.2, 0) is 0 Å². The second kappa shape index (κ2) is 2.20. The second-order valence-electron chi connectivity index (χ2n) is 4.19. The van der Waals surface area contributed by atoms with Crippen LogP contribution in [0.15, 0.2) is 0 Å². The Morgan fingerprint density at radius 1 is 1.18 bits per heavy atom. The Hall–Kier alpha value is -0.0800. The Balaban J connectivity index is 1.70. The number of hydrogen-bond acceptors (Lipinski definition) is 1. The van der Waals surface area contributed by atoms with Crippen molar-refractivity contribution in [3.63, 3.8) is 0 Å². The molecule has 2 heterocycles. The molecule has 2 nitrogen and oxygen atoms in total. The highest BCUT2D eigenvalue weighted by Gasteiger charge is 2.42. The van der Waals surface area contributed by atoms with Crippen molar-refractivity contribution < 1.29 is 0 Å². The van der Waals surface area contributed by atoms with Crippen LogP contribution in [0.3, 0.4) is 0 Å². The van der Waals surface area contributed by atoms with Gasteiger partial charge in [0.1, 0.15) is 0 Å². The number of rotatable bonds is 1. The summed E-state index contributed by atoms with van der Waals surface area (Å²) in [6.07, 6.45) is 5.76. The predicted molar refractivity (Wildman–Crippen MR) is 43.5 cm³/mol. The van der Waals surface area contributed by atoms with E-state index in [1.807, 2.05) is 0 Å². The van der Waals surface area contributed by atoms with Crippen molar-refractivity contribution in [3.8, 4) is 0 Å². The van der Waals surface area contributed by atoms with Crippen LogP contribution < -0.4 is 5.32 Å². The fourth-order valence-corrected chi connectivity index (χ4v) is 2.66. The Labute approximate surface area is 68.0 Å². The van der Waals surface area contributed by atoms with Gasteiger partial charge in [0.2, 0.25) is 0 Å². The zero-order chi connectivity index (χ0) is 7.26. The van der Waals surface area contributed by atoms with Crippen molar-refractivity contribution in [3.05, 3.63) is 0 Å². The second-order valence-corrected chi connectivity index (χ2v) is 4.19. The topological polar surface area (TPSA) is 17.3 Å². The predicted octanol–water partition coefficient (Wildman–Crippen LogP) is 0.600. The quantitative estimate of drug-likeness (QED) is 0.536. The summed E-state index contributed by atoms with van der Waals surface area (Å²) in [6, 6.07) is 2.53. The van der Waals surface area contributed by atoms with Crippen LogP contribution in [-0.4, -0.2) is 36.1 Å². The molecular formula is C9H15N2. The number of hydrogen-bond donors (Lipinski definition) is 0. The van der Waals surface area contributed by atoms with Crippen molar-refractivity contribution in [1.29, 1.82) is 0 Å². The molecule has 2 atom stereocenters. The molecule has 11 heavy (non-hydrogen) atoms. The van der Waals surface area contributed by atoms with E-state index in [0.717, 1.165) is 24.7 Å². The third-order valence-corrected chi connectivity index (χ3v) is 3.55. The molecule has 2 saturated heterocycles. The van der Waals surface area contributed by atoms with Crippen LogP contribution in [0.25, 0.3) is 0 Å². The van der Waals surface area contributed by atoms with Crippen LogP contribution in [0, 0.1) is 0 Å². The van der Waals surface area contributed by atoms with Crippen molar-refractivity contribution in [1.82, 2.24) is 10.2 Å². The van der Waals surface area contributed by atoms with E-state index in [0.29, 0.717) is 0 Å². The van der Waals surface area contributed by atoms with Gasteiger partial charge in [-0.15, -0.1) is 0 Å². The lowest BCUT2D eigenvalue weighted by Crippen LogP contribution is -2.49. The molecule has 2 heteroatoms. The summed E-state index contributed by atoms with van der Waals surface area (Å²) < 4.78 is 0. The van der Waals surface area contributed by atoms with Crippen molar-refractivity contribution in [2.45, 2.75) is 43.8 Å². The molecule has 1 saturated carbocycles. The van der Waals surface area contributed by atoms with Gasteiger partial charge in [0.05, 0.1) is 0 Å². The normalized spacial score (nSPS) is 44.7. The molecule has 0 spiro atoms. The van der Waals surface area contributed by atoms with Gasteiger partial charge in [-0.1, -0.05) is 6.42 Å². The van der Waals surface area contributed by atoms with Gasteiger partial charge in [-0.3, -0.25) is 4.90 Å². The molecule has 3 aliphatic rings. The van der Waals surface area contributed by atoms with E-state index in [4.69, 9.17) is 0 Å². The first-order valence-electron chi connectivity index (χ1n) is 4.86. The number of piperazine rings is 1. The Kier molecular flexibility index (Phi) is 1.29. The molecule has 1 radical (unpaired) electrons. The van der Waals surface area contributed by atoms with Gasteiger partial charge >= 0.3 is 0 Å².